The smallest absolute Gasteiger partial charge is 0.418 e. The van der Waals surface area contributed by atoms with E-state index in [2.05, 4.69) is 4.98 Å². The zero-order valence-electron chi connectivity index (χ0n) is 16.7. The fourth-order valence-electron chi connectivity index (χ4n) is 3.28. The van der Waals surface area contributed by atoms with Gasteiger partial charge in [-0.2, -0.15) is 0 Å². The Morgan fingerprint density at radius 1 is 1.03 bits per heavy atom. The highest BCUT2D eigenvalue weighted by molar-refractivity contribution is 5.96. The minimum absolute atomic E-state index is 0.262. The standard InChI is InChI=1S/C22H21N3O4/c1-22(2,3)29-21(27)25-11-9-15-12-14(7-8-16(15)25)18-13-23-19(20(26)28-4)17-6-5-10-24(17)18/h5-13H,1-4H3. The molecule has 1 aromatic carbocycles. The summed E-state index contributed by atoms with van der Waals surface area (Å²) in [6.45, 7) is 5.51. The maximum absolute atomic E-state index is 12.4. The van der Waals surface area contributed by atoms with Gasteiger partial charge in [0.1, 0.15) is 5.60 Å². The molecule has 29 heavy (non-hydrogen) atoms. The van der Waals surface area contributed by atoms with Crippen molar-refractivity contribution in [3.05, 3.63) is 60.7 Å². The van der Waals surface area contributed by atoms with Crippen molar-refractivity contribution >= 4 is 28.5 Å². The molecule has 0 radical (unpaired) electrons. The zero-order valence-corrected chi connectivity index (χ0v) is 16.7. The van der Waals surface area contributed by atoms with Crippen molar-refractivity contribution in [3.63, 3.8) is 0 Å². The Labute approximate surface area is 167 Å². The highest BCUT2D eigenvalue weighted by Crippen LogP contribution is 2.27. The van der Waals surface area contributed by atoms with Crippen LogP contribution in [0.4, 0.5) is 4.79 Å². The molecule has 7 heteroatoms. The van der Waals surface area contributed by atoms with Crippen LogP contribution in [0, 0.1) is 0 Å². The SMILES string of the molecule is COC(=O)c1ncc(-c2ccc3c(ccn3C(=O)OC(C)(C)C)c2)n2cccc12. The number of aromatic nitrogens is 3. The van der Waals surface area contributed by atoms with E-state index in [0.717, 1.165) is 22.2 Å². The lowest BCUT2D eigenvalue weighted by molar-refractivity contribution is 0.0542. The lowest BCUT2D eigenvalue weighted by Gasteiger charge is -2.19. The number of nitrogens with zero attached hydrogens (tertiary/aromatic N) is 3. The first-order valence-corrected chi connectivity index (χ1v) is 9.18. The van der Waals surface area contributed by atoms with Crippen molar-refractivity contribution in [2.45, 2.75) is 26.4 Å². The maximum atomic E-state index is 12.4. The van der Waals surface area contributed by atoms with Crippen LogP contribution in [0.5, 0.6) is 0 Å². The molecule has 0 aliphatic rings. The van der Waals surface area contributed by atoms with Gasteiger partial charge in [-0.1, -0.05) is 6.07 Å². The Morgan fingerprint density at radius 3 is 2.55 bits per heavy atom. The minimum atomic E-state index is -0.569. The maximum Gasteiger partial charge on any atom is 0.418 e. The van der Waals surface area contributed by atoms with Gasteiger partial charge in [-0.05, 0) is 51.1 Å². The molecule has 0 spiro atoms. The van der Waals surface area contributed by atoms with Gasteiger partial charge in [0.05, 0.1) is 30.0 Å². The highest BCUT2D eigenvalue weighted by Gasteiger charge is 2.20. The predicted octanol–water partition coefficient (Wildman–Crippen LogP) is 4.53. The molecular formula is C22H21N3O4. The first kappa shape index (κ1) is 18.7. The minimum Gasteiger partial charge on any atom is -0.464 e. The lowest BCUT2D eigenvalue weighted by atomic mass is 10.1. The number of esters is 1. The van der Waals surface area contributed by atoms with Gasteiger partial charge >= 0.3 is 12.1 Å². The molecule has 0 saturated carbocycles. The molecule has 4 rings (SSSR count). The molecule has 3 heterocycles. The van der Waals surface area contributed by atoms with E-state index < -0.39 is 17.7 Å². The van der Waals surface area contributed by atoms with Crippen LogP contribution in [0.25, 0.3) is 27.7 Å². The second-order valence-corrected chi connectivity index (χ2v) is 7.69. The van der Waals surface area contributed by atoms with Gasteiger partial charge in [0, 0.05) is 23.3 Å². The lowest BCUT2D eigenvalue weighted by Crippen LogP contribution is -2.26. The van der Waals surface area contributed by atoms with Gasteiger partial charge in [-0.25, -0.2) is 14.6 Å². The predicted molar refractivity (Wildman–Crippen MR) is 109 cm³/mol. The van der Waals surface area contributed by atoms with E-state index in [0.29, 0.717) is 5.52 Å². The highest BCUT2D eigenvalue weighted by atomic mass is 16.6. The number of fused-ring (bicyclic) bond motifs is 2. The van der Waals surface area contributed by atoms with E-state index in [1.54, 1.807) is 12.4 Å². The number of hydrogen-bond acceptors (Lipinski definition) is 5. The molecule has 0 unspecified atom stereocenters. The summed E-state index contributed by atoms with van der Waals surface area (Å²) in [6, 6.07) is 11.3. The van der Waals surface area contributed by atoms with E-state index in [-0.39, 0.29) is 5.69 Å². The number of ether oxygens (including phenoxy) is 2. The third-order valence-corrected chi connectivity index (χ3v) is 4.52. The molecule has 3 aromatic heterocycles. The number of methoxy groups -OCH3 is 1. The van der Waals surface area contributed by atoms with E-state index in [1.165, 1.54) is 11.7 Å². The molecule has 7 nitrogen and oxygen atoms in total. The monoisotopic (exact) mass is 391 g/mol. The van der Waals surface area contributed by atoms with Crippen LogP contribution in [0.1, 0.15) is 31.3 Å². The van der Waals surface area contributed by atoms with Gasteiger partial charge in [0.2, 0.25) is 0 Å². The Hall–Kier alpha value is -3.61. The molecule has 0 aliphatic heterocycles. The van der Waals surface area contributed by atoms with Crippen molar-refractivity contribution in [2.24, 2.45) is 0 Å². The van der Waals surface area contributed by atoms with E-state index in [1.807, 2.05) is 67.8 Å². The molecule has 0 N–H and O–H groups in total. The van der Waals surface area contributed by atoms with E-state index in [4.69, 9.17) is 9.47 Å². The van der Waals surface area contributed by atoms with Gasteiger partial charge in [0.15, 0.2) is 5.69 Å². The van der Waals surface area contributed by atoms with Gasteiger partial charge < -0.3 is 13.9 Å². The van der Waals surface area contributed by atoms with Crippen LogP contribution in [-0.2, 0) is 9.47 Å². The second kappa shape index (κ2) is 6.77. The first-order valence-electron chi connectivity index (χ1n) is 9.18. The van der Waals surface area contributed by atoms with Crippen LogP contribution < -0.4 is 0 Å². The average Bonchev–Trinajstić information content (AvgIpc) is 3.31. The van der Waals surface area contributed by atoms with Gasteiger partial charge in [-0.15, -0.1) is 0 Å². The van der Waals surface area contributed by atoms with Crippen LogP contribution in [0.15, 0.2) is 55.0 Å². The van der Waals surface area contributed by atoms with Crippen LogP contribution in [0.2, 0.25) is 0 Å². The summed E-state index contributed by atoms with van der Waals surface area (Å²) in [6.07, 6.45) is 4.80. The normalized spacial score (nSPS) is 11.7. The third kappa shape index (κ3) is 3.35. The Morgan fingerprint density at radius 2 is 1.83 bits per heavy atom. The summed E-state index contributed by atoms with van der Waals surface area (Å²) in [7, 11) is 1.33. The summed E-state index contributed by atoms with van der Waals surface area (Å²) >= 11 is 0. The van der Waals surface area contributed by atoms with Crippen molar-refractivity contribution in [1.29, 1.82) is 0 Å². The molecule has 0 bridgehead atoms. The fraction of sp³-hybridized carbons (Fsp3) is 0.227. The molecule has 0 saturated heterocycles. The number of rotatable bonds is 2. The van der Waals surface area contributed by atoms with E-state index in [9.17, 15) is 9.59 Å². The number of carbonyl (C=O) groups excluding carboxylic acids is 2. The fourth-order valence-corrected chi connectivity index (χ4v) is 3.28. The summed E-state index contributed by atoms with van der Waals surface area (Å²) < 4.78 is 13.7. The van der Waals surface area contributed by atoms with Crippen molar-refractivity contribution < 1.29 is 19.1 Å². The Balaban J connectivity index is 1.78. The Bertz CT molecular complexity index is 1240. The van der Waals surface area contributed by atoms with Crippen molar-refractivity contribution in [2.75, 3.05) is 7.11 Å². The Kier molecular flexibility index (Phi) is 4.38. The summed E-state index contributed by atoms with van der Waals surface area (Å²) in [5, 5.41) is 0.894. The third-order valence-electron chi connectivity index (χ3n) is 4.52. The summed E-state index contributed by atoms with van der Waals surface area (Å²) in [5.41, 5.74) is 2.85. The van der Waals surface area contributed by atoms with Gasteiger partial charge in [-0.3, -0.25) is 4.57 Å². The average molecular weight is 391 g/mol. The largest absolute Gasteiger partial charge is 0.464 e. The van der Waals surface area contributed by atoms with Crippen LogP contribution in [0.3, 0.4) is 0 Å². The molecule has 148 valence electrons. The summed E-state index contributed by atoms with van der Waals surface area (Å²) in [4.78, 5) is 28.7. The number of carbonyl (C=O) groups is 2. The number of benzene rings is 1. The second-order valence-electron chi connectivity index (χ2n) is 7.69. The first-order chi connectivity index (χ1) is 13.8. The van der Waals surface area contributed by atoms with Crippen molar-refractivity contribution in [3.8, 4) is 11.3 Å². The van der Waals surface area contributed by atoms with Gasteiger partial charge in [0.25, 0.3) is 0 Å². The molecule has 0 aliphatic carbocycles. The van der Waals surface area contributed by atoms with Crippen LogP contribution >= 0.6 is 0 Å². The molecule has 0 atom stereocenters. The molecule has 0 amide bonds. The number of hydrogen-bond donors (Lipinski definition) is 0. The van der Waals surface area contributed by atoms with Crippen LogP contribution in [-0.4, -0.2) is 38.7 Å². The summed E-state index contributed by atoms with van der Waals surface area (Å²) in [5.74, 6) is -0.481. The molecule has 0 fully saturated rings. The topological polar surface area (TPSA) is 74.8 Å². The van der Waals surface area contributed by atoms with Crippen molar-refractivity contribution in [1.82, 2.24) is 14.0 Å². The molecular weight excluding hydrogens is 370 g/mol. The quantitative estimate of drug-likeness (QED) is 0.470. The van der Waals surface area contributed by atoms with E-state index >= 15 is 0 Å². The zero-order chi connectivity index (χ0) is 20.8. The molecule has 4 aromatic rings.